The highest BCUT2D eigenvalue weighted by molar-refractivity contribution is 5.99. The van der Waals surface area contributed by atoms with Gasteiger partial charge in [0.15, 0.2) is 5.78 Å². The molecule has 1 aromatic rings. The summed E-state index contributed by atoms with van der Waals surface area (Å²) in [5.41, 5.74) is 6.23. The van der Waals surface area contributed by atoms with E-state index in [0.29, 0.717) is 35.5 Å². The van der Waals surface area contributed by atoms with Crippen LogP contribution in [0, 0.1) is 15.5 Å². The van der Waals surface area contributed by atoms with Gasteiger partial charge in [-0.15, -0.1) is 0 Å². The summed E-state index contributed by atoms with van der Waals surface area (Å²) in [6, 6.07) is 6.83. The van der Waals surface area contributed by atoms with Crippen molar-refractivity contribution in [3.05, 3.63) is 62.9 Å². The predicted molar refractivity (Wildman–Crippen MR) is 90.1 cm³/mol. The molecular formula is C18H20N2O5. The molecule has 3 rings (SSSR count). The summed E-state index contributed by atoms with van der Waals surface area (Å²) in [5.74, 6) is -0.173. The minimum Gasteiger partial charge on any atom is -0.497 e. The molecule has 1 aromatic carbocycles. The third-order valence-corrected chi connectivity index (χ3v) is 4.57. The van der Waals surface area contributed by atoms with Crippen LogP contribution in [0.3, 0.4) is 0 Å². The third-order valence-electron chi connectivity index (χ3n) is 4.57. The number of ketones is 1. The lowest BCUT2D eigenvalue weighted by Gasteiger charge is -2.36. The van der Waals surface area contributed by atoms with E-state index in [1.54, 1.807) is 24.3 Å². The average Bonchev–Trinajstić information content (AvgIpc) is 2.52. The molecule has 0 saturated carbocycles. The number of hydrogen-bond donors (Lipinski definition) is 1. The van der Waals surface area contributed by atoms with Crippen LogP contribution in [0.4, 0.5) is 0 Å². The number of Topliss-reactive ketones (excluding diaryl/α,β-unsaturated/α-hetero) is 1. The van der Waals surface area contributed by atoms with Crippen molar-refractivity contribution in [2.24, 2.45) is 11.1 Å². The standard InChI is InChI=1S/C18H20N2O5/c1-18(2)8-12(21)15-13(9-18)25-17(19)16(20(22)23)14(15)10-4-6-11(24-3)7-5-10/h4-7,14H,8-9,19H2,1-3H3/t14-/m1/s1. The number of nitrogens with zero attached hydrogens (tertiary/aromatic N) is 1. The van der Waals surface area contributed by atoms with Gasteiger partial charge in [-0.05, 0) is 23.1 Å². The quantitative estimate of drug-likeness (QED) is 0.668. The highest BCUT2D eigenvalue weighted by Gasteiger charge is 2.47. The first-order chi connectivity index (χ1) is 11.7. The van der Waals surface area contributed by atoms with E-state index in [1.165, 1.54) is 7.11 Å². The summed E-state index contributed by atoms with van der Waals surface area (Å²) in [6.45, 7) is 3.92. The molecule has 7 heteroatoms. The molecule has 0 unspecified atom stereocenters. The zero-order chi connectivity index (χ0) is 18.4. The van der Waals surface area contributed by atoms with Crippen molar-refractivity contribution in [2.75, 3.05) is 7.11 Å². The van der Waals surface area contributed by atoms with Gasteiger partial charge in [0.05, 0.1) is 17.6 Å². The Morgan fingerprint density at radius 2 is 1.92 bits per heavy atom. The van der Waals surface area contributed by atoms with Crippen molar-refractivity contribution < 1.29 is 19.2 Å². The Hall–Kier alpha value is -2.83. The number of carbonyl (C=O) groups excluding carboxylic acids is 1. The number of nitro groups is 1. The lowest BCUT2D eigenvalue weighted by atomic mass is 9.71. The monoisotopic (exact) mass is 344 g/mol. The fourth-order valence-corrected chi connectivity index (χ4v) is 3.47. The number of ether oxygens (including phenoxy) is 2. The van der Waals surface area contributed by atoms with Crippen molar-refractivity contribution in [3.8, 4) is 5.75 Å². The lowest BCUT2D eigenvalue weighted by Crippen LogP contribution is -2.35. The topological polar surface area (TPSA) is 105 Å². The van der Waals surface area contributed by atoms with Crippen LogP contribution in [0.1, 0.15) is 38.2 Å². The molecule has 0 amide bonds. The number of methoxy groups -OCH3 is 1. The molecule has 7 nitrogen and oxygen atoms in total. The van der Waals surface area contributed by atoms with Gasteiger partial charge in [0.2, 0.25) is 0 Å². The summed E-state index contributed by atoms with van der Waals surface area (Å²) < 4.78 is 10.6. The van der Waals surface area contributed by atoms with Crippen molar-refractivity contribution >= 4 is 5.78 Å². The number of rotatable bonds is 3. The van der Waals surface area contributed by atoms with Crippen molar-refractivity contribution in [1.82, 2.24) is 0 Å². The van der Waals surface area contributed by atoms with E-state index in [2.05, 4.69) is 0 Å². The van der Waals surface area contributed by atoms with Crippen molar-refractivity contribution in [1.29, 1.82) is 0 Å². The van der Waals surface area contributed by atoms with E-state index >= 15 is 0 Å². The second-order valence-electron chi connectivity index (χ2n) is 7.09. The number of hydrogen-bond acceptors (Lipinski definition) is 6. The van der Waals surface area contributed by atoms with Gasteiger partial charge in [-0.25, -0.2) is 0 Å². The van der Waals surface area contributed by atoms with Gasteiger partial charge < -0.3 is 15.2 Å². The summed E-state index contributed by atoms with van der Waals surface area (Å²) in [5, 5.41) is 11.6. The molecule has 0 spiro atoms. The van der Waals surface area contributed by atoms with E-state index in [0.717, 1.165) is 0 Å². The number of benzene rings is 1. The Morgan fingerprint density at radius 1 is 1.28 bits per heavy atom. The van der Waals surface area contributed by atoms with Gasteiger partial charge >= 0.3 is 5.70 Å². The smallest absolute Gasteiger partial charge is 0.317 e. The minimum atomic E-state index is -0.840. The normalized spacial score (nSPS) is 22.4. The van der Waals surface area contributed by atoms with Crippen LogP contribution < -0.4 is 10.5 Å². The van der Waals surface area contributed by atoms with E-state index in [4.69, 9.17) is 15.2 Å². The molecular weight excluding hydrogens is 324 g/mol. The second-order valence-corrected chi connectivity index (χ2v) is 7.09. The zero-order valence-corrected chi connectivity index (χ0v) is 14.4. The lowest BCUT2D eigenvalue weighted by molar-refractivity contribution is -0.433. The van der Waals surface area contributed by atoms with Gasteiger partial charge in [0.25, 0.3) is 5.88 Å². The minimum absolute atomic E-state index is 0.140. The molecule has 1 atom stereocenters. The van der Waals surface area contributed by atoms with Crippen LogP contribution in [-0.2, 0) is 9.53 Å². The number of allylic oxidation sites excluding steroid dienone is 2. The van der Waals surface area contributed by atoms with E-state index in [-0.39, 0.29) is 22.8 Å². The van der Waals surface area contributed by atoms with Gasteiger partial charge in [-0.1, -0.05) is 26.0 Å². The molecule has 0 radical (unpaired) electrons. The fraction of sp³-hybridized carbons (Fsp3) is 0.389. The molecule has 2 aliphatic rings. The van der Waals surface area contributed by atoms with E-state index in [1.807, 2.05) is 13.8 Å². The molecule has 1 heterocycles. The fourth-order valence-electron chi connectivity index (χ4n) is 3.47. The molecule has 0 saturated heterocycles. The van der Waals surface area contributed by atoms with Crippen LogP contribution in [0.15, 0.2) is 47.2 Å². The zero-order valence-electron chi connectivity index (χ0n) is 14.4. The maximum Gasteiger partial charge on any atom is 0.317 e. The largest absolute Gasteiger partial charge is 0.497 e. The van der Waals surface area contributed by atoms with Crippen LogP contribution in [0.25, 0.3) is 0 Å². The maximum absolute atomic E-state index is 12.8. The highest BCUT2D eigenvalue weighted by atomic mass is 16.6. The summed E-state index contributed by atoms with van der Waals surface area (Å²) >= 11 is 0. The van der Waals surface area contributed by atoms with E-state index in [9.17, 15) is 14.9 Å². The molecule has 0 fully saturated rings. The van der Waals surface area contributed by atoms with E-state index < -0.39 is 10.8 Å². The Kier molecular flexibility index (Phi) is 4.02. The average molecular weight is 344 g/mol. The first-order valence-corrected chi connectivity index (χ1v) is 7.95. The number of nitrogens with two attached hydrogens (primary N) is 1. The first-order valence-electron chi connectivity index (χ1n) is 7.95. The summed E-state index contributed by atoms with van der Waals surface area (Å²) in [4.78, 5) is 23.8. The molecule has 2 N–H and O–H groups in total. The Bertz CT molecular complexity index is 805. The van der Waals surface area contributed by atoms with Crippen LogP contribution in [0.5, 0.6) is 5.75 Å². The Morgan fingerprint density at radius 3 is 2.48 bits per heavy atom. The number of carbonyl (C=O) groups is 1. The van der Waals surface area contributed by atoms with Gasteiger partial charge in [-0.2, -0.15) is 0 Å². The molecule has 132 valence electrons. The van der Waals surface area contributed by atoms with Gasteiger partial charge in [0, 0.05) is 12.8 Å². The SMILES string of the molecule is COc1ccc([C@@H]2C3=C(CC(C)(C)CC3=O)OC(N)=C2[N+](=O)[O-])cc1. The molecule has 25 heavy (non-hydrogen) atoms. The molecule has 1 aliphatic heterocycles. The van der Waals surface area contributed by atoms with Crippen LogP contribution >= 0.6 is 0 Å². The van der Waals surface area contributed by atoms with Gasteiger partial charge in [-0.3, -0.25) is 14.9 Å². The highest BCUT2D eigenvalue weighted by Crippen LogP contribution is 2.48. The van der Waals surface area contributed by atoms with Crippen LogP contribution in [-0.4, -0.2) is 17.8 Å². The molecule has 1 aliphatic carbocycles. The van der Waals surface area contributed by atoms with Crippen molar-refractivity contribution in [2.45, 2.75) is 32.6 Å². The predicted octanol–water partition coefficient (Wildman–Crippen LogP) is 2.86. The Balaban J connectivity index is 2.17. The molecule has 0 bridgehead atoms. The summed E-state index contributed by atoms with van der Waals surface area (Å²) in [7, 11) is 1.54. The Labute approximate surface area is 145 Å². The van der Waals surface area contributed by atoms with Crippen molar-refractivity contribution in [3.63, 3.8) is 0 Å². The first kappa shape index (κ1) is 17.0. The summed E-state index contributed by atoms with van der Waals surface area (Å²) in [6.07, 6.45) is 0.819. The molecule has 0 aromatic heterocycles. The van der Waals surface area contributed by atoms with Gasteiger partial charge in [0.1, 0.15) is 17.4 Å². The van der Waals surface area contributed by atoms with Crippen LogP contribution in [0.2, 0.25) is 0 Å². The third kappa shape index (κ3) is 2.97. The second kappa shape index (κ2) is 5.91. The maximum atomic E-state index is 12.8.